The highest BCUT2D eigenvalue weighted by atomic mass is 16.5. The SMILES string of the molecule is CCOc1ccc(C=CC(=O)N(C)C(C)c2ccccc2)cc1OC. The third kappa shape index (κ3) is 4.86. The van der Waals surface area contributed by atoms with Crippen LogP contribution < -0.4 is 9.47 Å². The number of hydrogen-bond acceptors (Lipinski definition) is 3. The molecule has 1 amide bonds. The van der Waals surface area contributed by atoms with Gasteiger partial charge in [0.15, 0.2) is 11.5 Å². The fourth-order valence-corrected chi connectivity index (χ4v) is 2.49. The van der Waals surface area contributed by atoms with E-state index in [2.05, 4.69) is 0 Å². The Kier molecular flexibility index (Phi) is 6.63. The molecule has 0 aliphatic heterocycles. The molecule has 0 radical (unpaired) electrons. The predicted molar refractivity (Wildman–Crippen MR) is 101 cm³/mol. The molecule has 0 bridgehead atoms. The van der Waals surface area contributed by atoms with Gasteiger partial charge in [0, 0.05) is 13.1 Å². The lowest BCUT2D eigenvalue weighted by Gasteiger charge is -2.24. The first-order chi connectivity index (χ1) is 12.1. The minimum absolute atomic E-state index is 0.00761. The number of nitrogens with zero attached hydrogens (tertiary/aromatic N) is 1. The smallest absolute Gasteiger partial charge is 0.246 e. The predicted octanol–water partition coefficient (Wildman–Crippen LogP) is 4.33. The summed E-state index contributed by atoms with van der Waals surface area (Å²) in [5.41, 5.74) is 1.99. The molecule has 2 aromatic rings. The van der Waals surface area contributed by atoms with Crippen molar-refractivity contribution in [2.75, 3.05) is 20.8 Å². The molecule has 0 N–H and O–H groups in total. The molecule has 0 saturated heterocycles. The summed E-state index contributed by atoms with van der Waals surface area (Å²) in [5.74, 6) is 1.30. The molecular formula is C21H25NO3. The number of ether oxygens (including phenoxy) is 2. The van der Waals surface area contributed by atoms with Crippen LogP contribution in [0.4, 0.5) is 0 Å². The van der Waals surface area contributed by atoms with Crippen LogP contribution in [0.5, 0.6) is 11.5 Å². The van der Waals surface area contributed by atoms with Crippen LogP contribution in [0.2, 0.25) is 0 Å². The van der Waals surface area contributed by atoms with Gasteiger partial charge in [0.05, 0.1) is 19.8 Å². The van der Waals surface area contributed by atoms with Crippen LogP contribution in [-0.2, 0) is 4.79 Å². The third-order valence-corrected chi connectivity index (χ3v) is 4.12. The van der Waals surface area contributed by atoms with Crippen LogP contribution in [0.15, 0.2) is 54.6 Å². The van der Waals surface area contributed by atoms with Gasteiger partial charge < -0.3 is 14.4 Å². The summed E-state index contributed by atoms with van der Waals surface area (Å²) in [7, 11) is 3.41. The van der Waals surface area contributed by atoms with Crippen LogP contribution in [0.25, 0.3) is 6.08 Å². The van der Waals surface area contributed by atoms with Gasteiger partial charge in [0.25, 0.3) is 0 Å². The van der Waals surface area contributed by atoms with E-state index < -0.39 is 0 Å². The number of rotatable bonds is 7. The topological polar surface area (TPSA) is 38.8 Å². The molecule has 1 atom stereocenters. The second-order valence-corrected chi connectivity index (χ2v) is 5.71. The summed E-state index contributed by atoms with van der Waals surface area (Å²) in [4.78, 5) is 14.2. The van der Waals surface area contributed by atoms with E-state index in [1.807, 2.05) is 69.4 Å². The highest BCUT2D eigenvalue weighted by molar-refractivity contribution is 5.92. The van der Waals surface area contributed by atoms with Crippen molar-refractivity contribution < 1.29 is 14.3 Å². The minimum Gasteiger partial charge on any atom is -0.493 e. The molecule has 132 valence electrons. The Labute approximate surface area is 149 Å². The molecule has 0 aromatic heterocycles. The summed E-state index contributed by atoms with van der Waals surface area (Å²) in [6.07, 6.45) is 3.36. The number of likely N-dealkylation sites (N-methyl/N-ethyl adjacent to an activating group) is 1. The van der Waals surface area contributed by atoms with Gasteiger partial charge in [-0.2, -0.15) is 0 Å². The zero-order valence-corrected chi connectivity index (χ0v) is 15.2. The van der Waals surface area contributed by atoms with E-state index in [0.29, 0.717) is 18.1 Å². The molecule has 0 spiro atoms. The molecular weight excluding hydrogens is 314 g/mol. The Bertz CT molecular complexity index is 725. The molecule has 0 aliphatic rings. The Balaban J connectivity index is 2.09. The third-order valence-electron chi connectivity index (χ3n) is 4.12. The zero-order valence-electron chi connectivity index (χ0n) is 15.2. The molecule has 0 heterocycles. The van der Waals surface area contributed by atoms with Crippen molar-refractivity contribution in [2.24, 2.45) is 0 Å². The van der Waals surface area contributed by atoms with Crippen molar-refractivity contribution in [3.63, 3.8) is 0 Å². The molecule has 0 saturated carbocycles. The van der Waals surface area contributed by atoms with Gasteiger partial charge in [0.2, 0.25) is 5.91 Å². The van der Waals surface area contributed by atoms with Gasteiger partial charge in [0.1, 0.15) is 0 Å². The highest BCUT2D eigenvalue weighted by Gasteiger charge is 2.15. The van der Waals surface area contributed by atoms with Crippen LogP contribution in [0.3, 0.4) is 0 Å². The van der Waals surface area contributed by atoms with Crippen molar-refractivity contribution in [1.82, 2.24) is 4.90 Å². The normalized spacial score (nSPS) is 12.0. The van der Waals surface area contributed by atoms with Gasteiger partial charge in [-0.1, -0.05) is 36.4 Å². The van der Waals surface area contributed by atoms with Gasteiger partial charge >= 0.3 is 0 Å². The van der Waals surface area contributed by atoms with Crippen LogP contribution in [-0.4, -0.2) is 31.6 Å². The largest absolute Gasteiger partial charge is 0.493 e. The highest BCUT2D eigenvalue weighted by Crippen LogP contribution is 2.28. The number of methoxy groups -OCH3 is 1. The van der Waals surface area contributed by atoms with Gasteiger partial charge in [-0.25, -0.2) is 0 Å². The lowest BCUT2D eigenvalue weighted by Crippen LogP contribution is -2.27. The van der Waals surface area contributed by atoms with Crippen LogP contribution in [0, 0.1) is 0 Å². The van der Waals surface area contributed by atoms with E-state index in [1.54, 1.807) is 24.2 Å². The quantitative estimate of drug-likeness (QED) is 0.705. The molecule has 2 rings (SSSR count). The van der Waals surface area contributed by atoms with E-state index >= 15 is 0 Å². The van der Waals surface area contributed by atoms with E-state index in [1.165, 1.54) is 0 Å². The number of hydrogen-bond donors (Lipinski definition) is 0. The maximum atomic E-state index is 12.4. The number of benzene rings is 2. The second-order valence-electron chi connectivity index (χ2n) is 5.71. The maximum Gasteiger partial charge on any atom is 0.246 e. The van der Waals surface area contributed by atoms with Gasteiger partial charge in [-0.05, 0) is 43.2 Å². The standard InChI is InChI=1S/C21H25NO3/c1-5-25-19-13-11-17(15-20(19)24-4)12-14-21(23)22(3)16(2)18-9-7-6-8-10-18/h6-16H,5H2,1-4H3. The van der Waals surface area contributed by atoms with Gasteiger partial charge in [-0.3, -0.25) is 4.79 Å². The Morgan fingerprint density at radius 1 is 1.16 bits per heavy atom. The molecule has 0 fully saturated rings. The fourth-order valence-electron chi connectivity index (χ4n) is 2.49. The molecule has 4 nitrogen and oxygen atoms in total. The van der Waals surface area contributed by atoms with Crippen molar-refractivity contribution in [3.8, 4) is 11.5 Å². The van der Waals surface area contributed by atoms with E-state index in [9.17, 15) is 4.79 Å². The monoisotopic (exact) mass is 339 g/mol. The summed E-state index contributed by atoms with van der Waals surface area (Å²) >= 11 is 0. The first kappa shape index (κ1) is 18.6. The first-order valence-corrected chi connectivity index (χ1v) is 8.37. The fraction of sp³-hybridized carbons (Fsp3) is 0.286. The Morgan fingerprint density at radius 2 is 1.88 bits per heavy atom. The molecule has 4 heteroatoms. The van der Waals surface area contributed by atoms with Crippen molar-refractivity contribution in [1.29, 1.82) is 0 Å². The Morgan fingerprint density at radius 3 is 2.52 bits per heavy atom. The number of amides is 1. The van der Waals surface area contributed by atoms with Crippen LogP contribution in [0.1, 0.15) is 31.0 Å². The average Bonchev–Trinajstić information content (AvgIpc) is 2.66. The molecule has 0 aliphatic carbocycles. The number of carbonyl (C=O) groups excluding carboxylic acids is 1. The van der Waals surface area contributed by atoms with E-state index in [4.69, 9.17) is 9.47 Å². The maximum absolute atomic E-state index is 12.4. The summed E-state index contributed by atoms with van der Waals surface area (Å²) in [6, 6.07) is 15.6. The first-order valence-electron chi connectivity index (χ1n) is 8.37. The zero-order chi connectivity index (χ0) is 18.2. The number of carbonyl (C=O) groups is 1. The van der Waals surface area contributed by atoms with Crippen molar-refractivity contribution >= 4 is 12.0 Å². The van der Waals surface area contributed by atoms with E-state index in [-0.39, 0.29) is 11.9 Å². The second kappa shape index (κ2) is 8.92. The van der Waals surface area contributed by atoms with Crippen molar-refractivity contribution in [2.45, 2.75) is 19.9 Å². The summed E-state index contributed by atoms with van der Waals surface area (Å²) in [5, 5.41) is 0. The van der Waals surface area contributed by atoms with E-state index in [0.717, 1.165) is 11.1 Å². The summed E-state index contributed by atoms with van der Waals surface area (Å²) in [6.45, 7) is 4.52. The molecule has 25 heavy (non-hydrogen) atoms. The minimum atomic E-state index is -0.0517. The Hall–Kier alpha value is -2.75. The lowest BCUT2D eigenvalue weighted by atomic mass is 10.1. The van der Waals surface area contributed by atoms with Gasteiger partial charge in [-0.15, -0.1) is 0 Å². The lowest BCUT2D eigenvalue weighted by molar-refractivity contribution is -0.126. The molecule has 2 aromatic carbocycles. The average molecular weight is 339 g/mol. The summed E-state index contributed by atoms with van der Waals surface area (Å²) < 4.78 is 10.8. The van der Waals surface area contributed by atoms with Crippen LogP contribution >= 0.6 is 0 Å². The van der Waals surface area contributed by atoms with Crippen molar-refractivity contribution in [3.05, 3.63) is 65.7 Å². The molecule has 1 unspecified atom stereocenters.